The molecule has 0 unspecified atom stereocenters. The number of hydrogen-bond acceptors (Lipinski definition) is 5. The van der Waals surface area contributed by atoms with Crippen molar-refractivity contribution in [2.75, 3.05) is 13.9 Å². The van der Waals surface area contributed by atoms with Crippen LogP contribution in [-0.4, -0.2) is 19.9 Å². The summed E-state index contributed by atoms with van der Waals surface area (Å²) >= 11 is 3.43. The molecule has 0 aromatic heterocycles. The molecule has 22 heavy (non-hydrogen) atoms. The Balaban J connectivity index is 1.74. The Kier molecular flexibility index (Phi) is 4.20. The van der Waals surface area contributed by atoms with Crippen molar-refractivity contribution >= 4 is 21.9 Å². The second kappa shape index (κ2) is 6.27. The minimum atomic E-state index is -0.443. The molecule has 2 aromatic carbocycles. The molecule has 0 aliphatic carbocycles. The third kappa shape index (κ3) is 2.87. The summed E-state index contributed by atoms with van der Waals surface area (Å²) in [5, 5.41) is 0. The van der Waals surface area contributed by atoms with E-state index >= 15 is 0 Å². The molecule has 0 N–H and O–H groups in total. The van der Waals surface area contributed by atoms with E-state index in [0.29, 0.717) is 22.8 Å². The molecule has 3 rings (SSSR count). The van der Waals surface area contributed by atoms with Gasteiger partial charge in [0.2, 0.25) is 6.79 Å². The standard InChI is InChI=1S/C16H13BrO5/c1-19-13-5-3-2-4-11(13)16(18)20-8-10-6-14-15(7-12(10)17)22-9-21-14/h2-7H,8-9H2,1H3. The van der Waals surface area contributed by atoms with Gasteiger partial charge in [-0.25, -0.2) is 4.79 Å². The van der Waals surface area contributed by atoms with Gasteiger partial charge in [0.05, 0.1) is 7.11 Å². The zero-order valence-electron chi connectivity index (χ0n) is 11.8. The maximum Gasteiger partial charge on any atom is 0.342 e. The molecule has 0 spiro atoms. The number of benzene rings is 2. The molecule has 1 aliphatic heterocycles. The molecular weight excluding hydrogens is 352 g/mol. The van der Waals surface area contributed by atoms with E-state index in [1.807, 2.05) is 0 Å². The Morgan fingerprint density at radius 2 is 1.95 bits per heavy atom. The predicted molar refractivity (Wildman–Crippen MR) is 82.4 cm³/mol. The van der Waals surface area contributed by atoms with Crippen molar-refractivity contribution in [3.63, 3.8) is 0 Å². The van der Waals surface area contributed by atoms with Gasteiger partial charge in [-0.2, -0.15) is 0 Å². The van der Waals surface area contributed by atoms with E-state index < -0.39 is 5.97 Å². The summed E-state index contributed by atoms with van der Waals surface area (Å²) in [6.45, 7) is 0.320. The molecule has 0 bridgehead atoms. The van der Waals surface area contributed by atoms with E-state index in [-0.39, 0.29) is 13.4 Å². The smallest absolute Gasteiger partial charge is 0.342 e. The third-order valence-corrected chi connectivity index (χ3v) is 3.97. The van der Waals surface area contributed by atoms with Crippen molar-refractivity contribution in [3.8, 4) is 17.2 Å². The van der Waals surface area contributed by atoms with Crippen LogP contribution >= 0.6 is 15.9 Å². The molecule has 0 saturated carbocycles. The number of para-hydroxylation sites is 1. The average Bonchev–Trinajstić information content (AvgIpc) is 2.99. The minimum absolute atomic E-state index is 0.119. The van der Waals surface area contributed by atoms with Gasteiger partial charge >= 0.3 is 5.97 Å². The molecule has 0 saturated heterocycles. The summed E-state index contributed by atoms with van der Waals surface area (Å²) < 4.78 is 21.9. The zero-order chi connectivity index (χ0) is 15.5. The van der Waals surface area contributed by atoms with Gasteiger partial charge in [0.1, 0.15) is 17.9 Å². The molecule has 0 atom stereocenters. The first kappa shape index (κ1) is 14.7. The molecule has 114 valence electrons. The summed E-state index contributed by atoms with van der Waals surface area (Å²) in [7, 11) is 1.51. The van der Waals surface area contributed by atoms with E-state index in [9.17, 15) is 4.79 Å². The first-order valence-electron chi connectivity index (χ1n) is 6.57. The molecule has 2 aromatic rings. The molecule has 5 nitrogen and oxygen atoms in total. The maximum atomic E-state index is 12.2. The average molecular weight is 365 g/mol. The monoisotopic (exact) mass is 364 g/mol. The van der Waals surface area contributed by atoms with Crippen molar-refractivity contribution < 1.29 is 23.7 Å². The molecule has 0 radical (unpaired) electrons. The lowest BCUT2D eigenvalue weighted by Gasteiger charge is -2.10. The second-order valence-electron chi connectivity index (χ2n) is 4.57. The summed E-state index contributed by atoms with van der Waals surface area (Å²) in [5.74, 6) is 1.36. The number of hydrogen-bond donors (Lipinski definition) is 0. The fourth-order valence-electron chi connectivity index (χ4n) is 2.10. The Morgan fingerprint density at radius 1 is 1.23 bits per heavy atom. The van der Waals surface area contributed by atoms with Crippen molar-refractivity contribution in [2.24, 2.45) is 0 Å². The van der Waals surface area contributed by atoms with Crippen molar-refractivity contribution in [1.82, 2.24) is 0 Å². The second-order valence-corrected chi connectivity index (χ2v) is 5.43. The molecule has 1 aliphatic rings. The van der Waals surface area contributed by atoms with Crippen LogP contribution in [0.3, 0.4) is 0 Å². The highest BCUT2D eigenvalue weighted by molar-refractivity contribution is 9.10. The van der Waals surface area contributed by atoms with E-state index in [1.165, 1.54) is 7.11 Å². The van der Waals surface area contributed by atoms with E-state index in [2.05, 4.69) is 15.9 Å². The van der Waals surface area contributed by atoms with Gasteiger partial charge in [-0.15, -0.1) is 0 Å². The van der Waals surface area contributed by atoms with Crippen LogP contribution in [0.5, 0.6) is 17.2 Å². The van der Waals surface area contributed by atoms with Gasteiger partial charge in [0.15, 0.2) is 11.5 Å². The quantitative estimate of drug-likeness (QED) is 0.776. The van der Waals surface area contributed by atoms with Crippen molar-refractivity contribution in [2.45, 2.75) is 6.61 Å². The van der Waals surface area contributed by atoms with Crippen molar-refractivity contribution in [1.29, 1.82) is 0 Å². The first-order chi connectivity index (χ1) is 10.7. The summed E-state index contributed by atoms with van der Waals surface area (Å²) in [4.78, 5) is 12.2. The number of esters is 1. The predicted octanol–water partition coefficient (Wildman–Crippen LogP) is 3.54. The lowest BCUT2D eigenvalue weighted by molar-refractivity contribution is 0.0468. The lowest BCUT2D eigenvalue weighted by Crippen LogP contribution is -2.07. The highest BCUT2D eigenvalue weighted by Crippen LogP contribution is 2.37. The summed E-state index contributed by atoms with van der Waals surface area (Å²) in [6, 6.07) is 10.5. The van der Waals surface area contributed by atoms with Gasteiger partial charge < -0.3 is 18.9 Å². The van der Waals surface area contributed by atoms with Crippen LogP contribution in [0, 0.1) is 0 Å². The topological polar surface area (TPSA) is 54.0 Å². The van der Waals surface area contributed by atoms with Crippen LogP contribution in [0.2, 0.25) is 0 Å². The minimum Gasteiger partial charge on any atom is -0.496 e. The van der Waals surface area contributed by atoms with E-state index in [0.717, 1.165) is 10.0 Å². The van der Waals surface area contributed by atoms with Gasteiger partial charge in [0.25, 0.3) is 0 Å². The maximum absolute atomic E-state index is 12.2. The number of rotatable bonds is 4. The molecule has 0 fully saturated rings. The van der Waals surface area contributed by atoms with Crippen LogP contribution in [0.4, 0.5) is 0 Å². The van der Waals surface area contributed by atoms with E-state index in [1.54, 1.807) is 36.4 Å². The van der Waals surface area contributed by atoms with Gasteiger partial charge in [-0.05, 0) is 24.3 Å². The largest absolute Gasteiger partial charge is 0.496 e. The van der Waals surface area contributed by atoms with Gasteiger partial charge in [0, 0.05) is 10.0 Å². The fraction of sp³-hybridized carbons (Fsp3) is 0.188. The van der Waals surface area contributed by atoms with Gasteiger partial charge in [-0.1, -0.05) is 28.1 Å². The first-order valence-corrected chi connectivity index (χ1v) is 7.36. The highest BCUT2D eigenvalue weighted by atomic mass is 79.9. The van der Waals surface area contributed by atoms with Gasteiger partial charge in [-0.3, -0.25) is 0 Å². The Labute approximate surface area is 135 Å². The Bertz CT molecular complexity index is 714. The van der Waals surface area contributed by atoms with Crippen LogP contribution in [0.15, 0.2) is 40.9 Å². The number of fused-ring (bicyclic) bond motifs is 1. The number of halogens is 1. The summed E-state index contributed by atoms with van der Waals surface area (Å²) in [6.07, 6.45) is 0. The molecule has 1 heterocycles. The number of carbonyl (C=O) groups excluding carboxylic acids is 1. The number of ether oxygens (including phenoxy) is 4. The van der Waals surface area contributed by atoms with Crippen LogP contribution in [-0.2, 0) is 11.3 Å². The number of methoxy groups -OCH3 is 1. The highest BCUT2D eigenvalue weighted by Gasteiger charge is 2.18. The van der Waals surface area contributed by atoms with Crippen LogP contribution in [0.25, 0.3) is 0 Å². The molecular formula is C16H13BrO5. The zero-order valence-corrected chi connectivity index (χ0v) is 13.4. The van der Waals surface area contributed by atoms with E-state index in [4.69, 9.17) is 18.9 Å². The third-order valence-electron chi connectivity index (χ3n) is 3.23. The SMILES string of the molecule is COc1ccccc1C(=O)OCc1cc2c(cc1Br)OCO2. The normalized spacial score (nSPS) is 12.1. The fourth-order valence-corrected chi connectivity index (χ4v) is 2.54. The van der Waals surface area contributed by atoms with Crippen molar-refractivity contribution in [3.05, 3.63) is 52.0 Å². The Hall–Kier alpha value is -2.21. The summed E-state index contributed by atoms with van der Waals surface area (Å²) in [5.41, 5.74) is 1.19. The van der Waals surface area contributed by atoms with Crippen LogP contribution < -0.4 is 14.2 Å². The lowest BCUT2D eigenvalue weighted by atomic mass is 10.2. The molecule has 0 amide bonds. The Morgan fingerprint density at radius 3 is 2.73 bits per heavy atom. The molecule has 6 heteroatoms. The number of carbonyl (C=O) groups is 1. The van der Waals surface area contributed by atoms with Crippen LogP contribution in [0.1, 0.15) is 15.9 Å².